The van der Waals surface area contributed by atoms with Crippen molar-refractivity contribution in [2.45, 2.75) is 6.54 Å². The summed E-state index contributed by atoms with van der Waals surface area (Å²) in [7, 11) is 1.96. The molecule has 0 bridgehead atoms. The second kappa shape index (κ2) is 6.56. The van der Waals surface area contributed by atoms with Crippen LogP contribution in [0.25, 0.3) is 11.3 Å². The first-order chi connectivity index (χ1) is 12.2. The molecule has 8 heteroatoms. The van der Waals surface area contributed by atoms with Crippen LogP contribution >= 0.6 is 0 Å². The first-order valence-corrected chi connectivity index (χ1v) is 8.36. The fourth-order valence-electron chi connectivity index (χ4n) is 3.14. The molecule has 0 radical (unpaired) electrons. The molecule has 0 spiro atoms. The van der Waals surface area contributed by atoms with E-state index >= 15 is 0 Å². The van der Waals surface area contributed by atoms with E-state index in [4.69, 9.17) is 0 Å². The van der Waals surface area contributed by atoms with Crippen molar-refractivity contribution in [3.63, 3.8) is 0 Å². The fraction of sp³-hybridized carbons (Fsp3) is 0.353. The van der Waals surface area contributed by atoms with Gasteiger partial charge < -0.3 is 9.47 Å². The van der Waals surface area contributed by atoms with Gasteiger partial charge in [0.05, 0.1) is 11.9 Å². The first-order valence-electron chi connectivity index (χ1n) is 8.36. The number of carbonyl (C=O) groups excluding carboxylic acids is 1. The molecule has 25 heavy (non-hydrogen) atoms. The Balaban J connectivity index is 1.37. The van der Waals surface area contributed by atoms with E-state index in [1.807, 2.05) is 53.4 Å². The van der Waals surface area contributed by atoms with Gasteiger partial charge in [-0.2, -0.15) is 10.2 Å². The summed E-state index contributed by atoms with van der Waals surface area (Å²) in [5.74, 6) is 0.0117. The van der Waals surface area contributed by atoms with E-state index in [2.05, 4.69) is 25.3 Å². The zero-order chi connectivity index (χ0) is 17.2. The number of carbonyl (C=O) groups is 1. The lowest BCUT2D eigenvalue weighted by atomic mass is 10.2. The third kappa shape index (κ3) is 3.34. The summed E-state index contributed by atoms with van der Waals surface area (Å²) >= 11 is 0. The van der Waals surface area contributed by atoms with Gasteiger partial charge in [-0.25, -0.2) is 0 Å². The molecule has 1 aliphatic heterocycles. The molecule has 130 valence electrons. The van der Waals surface area contributed by atoms with Gasteiger partial charge in [0.15, 0.2) is 0 Å². The number of piperazine rings is 1. The second-order valence-electron chi connectivity index (χ2n) is 6.41. The topological polar surface area (TPSA) is 85.8 Å². The molecule has 0 aromatic carbocycles. The summed E-state index contributed by atoms with van der Waals surface area (Å²) in [6.45, 7) is 4.01. The summed E-state index contributed by atoms with van der Waals surface area (Å²) in [4.78, 5) is 16.9. The number of hydrogen-bond donors (Lipinski definition) is 2. The van der Waals surface area contributed by atoms with E-state index < -0.39 is 0 Å². The van der Waals surface area contributed by atoms with Crippen LogP contribution in [0.5, 0.6) is 0 Å². The quantitative estimate of drug-likeness (QED) is 0.745. The number of hydrogen-bond acceptors (Lipinski definition) is 4. The van der Waals surface area contributed by atoms with Crippen molar-refractivity contribution < 1.29 is 4.79 Å². The molecule has 4 rings (SSSR count). The number of H-pyrrole nitrogens is 2. The molecule has 0 atom stereocenters. The smallest absolute Gasteiger partial charge is 0.271 e. The number of amides is 1. The third-order valence-corrected chi connectivity index (χ3v) is 4.56. The van der Waals surface area contributed by atoms with Gasteiger partial charge in [0, 0.05) is 69.5 Å². The Kier molecular flexibility index (Phi) is 4.10. The van der Waals surface area contributed by atoms with Gasteiger partial charge in [-0.3, -0.25) is 19.9 Å². The number of nitrogens with one attached hydrogen (secondary N) is 2. The lowest BCUT2D eigenvalue weighted by Gasteiger charge is -2.34. The molecule has 3 aromatic rings. The fourth-order valence-corrected chi connectivity index (χ4v) is 3.14. The van der Waals surface area contributed by atoms with Crippen molar-refractivity contribution in [1.29, 1.82) is 0 Å². The molecule has 0 saturated carbocycles. The van der Waals surface area contributed by atoms with Gasteiger partial charge >= 0.3 is 0 Å². The maximum absolute atomic E-state index is 12.7. The largest absolute Gasteiger partial charge is 0.357 e. The van der Waals surface area contributed by atoms with E-state index in [0.29, 0.717) is 5.69 Å². The molecule has 0 aliphatic carbocycles. The zero-order valence-electron chi connectivity index (χ0n) is 14.1. The third-order valence-electron chi connectivity index (χ3n) is 4.56. The van der Waals surface area contributed by atoms with Crippen LogP contribution in [0.1, 0.15) is 16.1 Å². The van der Waals surface area contributed by atoms with E-state index in [1.165, 1.54) is 5.56 Å². The molecular weight excluding hydrogens is 318 g/mol. The highest BCUT2D eigenvalue weighted by molar-refractivity contribution is 5.93. The van der Waals surface area contributed by atoms with Crippen molar-refractivity contribution in [2.75, 3.05) is 26.2 Å². The normalized spacial score (nSPS) is 15.6. The monoisotopic (exact) mass is 339 g/mol. The summed E-state index contributed by atoms with van der Waals surface area (Å²) < 4.78 is 1.96. The molecule has 1 fully saturated rings. The van der Waals surface area contributed by atoms with Gasteiger partial charge in [-0.05, 0) is 12.1 Å². The molecular formula is C17H21N7O. The van der Waals surface area contributed by atoms with Crippen molar-refractivity contribution in [2.24, 2.45) is 7.05 Å². The Bertz CT molecular complexity index is 840. The molecule has 8 nitrogen and oxygen atoms in total. The van der Waals surface area contributed by atoms with E-state index in [9.17, 15) is 4.79 Å². The predicted molar refractivity (Wildman–Crippen MR) is 92.8 cm³/mol. The maximum atomic E-state index is 12.7. The maximum Gasteiger partial charge on any atom is 0.271 e. The van der Waals surface area contributed by atoms with E-state index in [0.717, 1.165) is 44.0 Å². The number of aryl methyl sites for hydroxylation is 1. The van der Waals surface area contributed by atoms with Gasteiger partial charge in [0.1, 0.15) is 5.69 Å². The average molecular weight is 339 g/mol. The lowest BCUT2D eigenvalue weighted by molar-refractivity contribution is 0.0622. The Morgan fingerprint density at radius 1 is 1.28 bits per heavy atom. The van der Waals surface area contributed by atoms with Crippen molar-refractivity contribution >= 4 is 5.91 Å². The van der Waals surface area contributed by atoms with Crippen molar-refractivity contribution in [3.8, 4) is 11.3 Å². The van der Waals surface area contributed by atoms with Crippen LogP contribution in [0.4, 0.5) is 0 Å². The summed E-state index contributed by atoms with van der Waals surface area (Å²) in [5.41, 5.74) is 3.51. The summed E-state index contributed by atoms with van der Waals surface area (Å²) in [5, 5.41) is 14.0. The molecule has 1 aliphatic rings. The van der Waals surface area contributed by atoms with Crippen molar-refractivity contribution in [3.05, 3.63) is 48.2 Å². The minimum absolute atomic E-state index is 0.0117. The van der Waals surface area contributed by atoms with Crippen LogP contribution in [0.3, 0.4) is 0 Å². The Hall–Kier alpha value is -2.87. The standard InChI is InChI=1S/C17H21N7O/c1-22-3-2-14(12-22)15-8-16(21-20-15)17(25)24-6-4-23(5-7-24)11-13-9-18-19-10-13/h2-3,8-10,12H,4-7,11H2,1H3,(H,18,19)(H,20,21). The van der Waals surface area contributed by atoms with E-state index in [1.54, 1.807) is 0 Å². The Morgan fingerprint density at radius 2 is 2.12 bits per heavy atom. The van der Waals surface area contributed by atoms with E-state index in [-0.39, 0.29) is 5.91 Å². The van der Waals surface area contributed by atoms with Crippen LogP contribution in [0, 0.1) is 0 Å². The minimum atomic E-state index is 0.0117. The van der Waals surface area contributed by atoms with Crippen LogP contribution in [0.15, 0.2) is 36.9 Å². The molecule has 4 heterocycles. The average Bonchev–Trinajstić information content (AvgIpc) is 3.36. The Morgan fingerprint density at radius 3 is 2.80 bits per heavy atom. The number of aromatic amines is 2. The van der Waals surface area contributed by atoms with Gasteiger partial charge in [-0.1, -0.05) is 0 Å². The number of nitrogens with zero attached hydrogens (tertiary/aromatic N) is 5. The predicted octanol–water partition coefficient (Wildman–Crippen LogP) is 1.10. The minimum Gasteiger partial charge on any atom is -0.357 e. The molecule has 1 saturated heterocycles. The summed E-state index contributed by atoms with van der Waals surface area (Å²) in [6.07, 6.45) is 7.70. The SMILES string of the molecule is Cn1ccc(-c2cc(C(=O)N3CCN(Cc4cn[nH]c4)CC3)[nH]n2)c1. The highest BCUT2D eigenvalue weighted by Crippen LogP contribution is 2.19. The lowest BCUT2D eigenvalue weighted by Crippen LogP contribution is -2.48. The zero-order valence-corrected chi connectivity index (χ0v) is 14.1. The second-order valence-corrected chi connectivity index (χ2v) is 6.41. The highest BCUT2D eigenvalue weighted by Gasteiger charge is 2.23. The van der Waals surface area contributed by atoms with Crippen LogP contribution < -0.4 is 0 Å². The molecule has 1 amide bonds. The van der Waals surface area contributed by atoms with Crippen LogP contribution in [-0.4, -0.2) is 66.8 Å². The van der Waals surface area contributed by atoms with Gasteiger partial charge in [-0.15, -0.1) is 0 Å². The highest BCUT2D eigenvalue weighted by atomic mass is 16.2. The van der Waals surface area contributed by atoms with Crippen LogP contribution in [0.2, 0.25) is 0 Å². The molecule has 0 unspecified atom stereocenters. The van der Waals surface area contributed by atoms with Crippen molar-refractivity contribution in [1.82, 2.24) is 34.8 Å². The van der Waals surface area contributed by atoms with Gasteiger partial charge in [0.2, 0.25) is 0 Å². The Labute approximate surface area is 145 Å². The summed E-state index contributed by atoms with van der Waals surface area (Å²) in [6, 6.07) is 3.81. The van der Waals surface area contributed by atoms with Gasteiger partial charge in [0.25, 0.3) is 5.91 Å². The molecule has 2 N–H and O–H groups in total. The molecule has 3 aromatic heterocycles. The number of aromatic nitrogens is 5. The number of rotatable bonds is 4. The van der Waals surface area contributed by atoms with Crippen LogP contribution in [-0.2, 0) is 13.6 Å². The first kappa shape index (κ1) is 15.6.